The Labute approximate surface area is 103 Å². The minimum atomic E-state index is 0.824. The second-order valence-corrected chi connectivity index (χ2v) is 5.30. The molecule has 0 rings (SSSR count). The molecule has 0 aliphatic rings. The van der Waals surface area contributed by atoms with Crippen LogP contribution in [-0.2, 0) is 0 Å². The predicted octanol–water partition coefficient (Wildman–Crippen LogP) is 3.13. The molecule has 0 radical (unpaired) electrons. The van der Waals surface area contributed by atoms with E-state index in [0.29, 0.717) is 0 Å². The highest BCUT2D eigenvalue weighted by Crippen LogP contribution is 2.00. The smallest absolute Gasteiger partial charge is 0.0104 e. The van der Waals surface area contributed by atoms with E-state index in [-0.39, 0.29) is 0 Å². The molecule has 0 atom stereocenters. The van der Waals surface area contributed by atoms with Crippen LogP contribution in [0.3, 0.4) is 0 Å². The molecule has 0 aliphatic heterocycles. The number of hydrogen-bond donors (Lipinski definition) is 1. The van der Waals surface area contributed by atoms with Gasteiger partial charge in [-0.3, -0.25) is 0 Å². The molecule has 0 aliphatic carbocycles. The zero-order valence-corrected chi connectivity index (χ0v) is 11.9. The average molecular weight is 228 g/mol. The predicted molar refractivity (Wildman–Crippen MR) is 74.0 cm³/mol. The van der Waals surface area contributed by atoms with E-state index < -0.39 is 0 Å². The van der Waals surface area contributed by atoms with Gasteiger partial charge in [-0.25, -0.2) is 0 Å². The van der Waals surface area contributed by atoms with E-state index >= 15 is 0 Å². The van der Waals surface area contributed by atoms with Gasteiger partial charge in [0.1, 0.15) is 0 Å². The molecule has 0 aromatic rings. The Hall–Kier alpha value is -0.0800. The van der Waals surface area contributed by atoms with E-state index in [9.17, 15) is 0 Å². The molecule has 2 heteroatoms. The molecule has 0 spiro atoms. The maximum absolute atomic E-state index is 3.52. The SMILES string of the molecule is CCCCCCNCCN(C)CCC(C)C. The molecule has 0 unspecified atom stereocenters. The summed E-state index contributed by atoms with van der Waals surface area (Å²) >= 11 is 0. The van der Waals surface area contributed by atoms with Crippen LogP contribution in [0.1, 0.15) is 52.9 Å². The first-order valence-electron chi connectivity index (χ1n) is 7.06. The standard InChI is InChI=1S/C14H32N2/c1-5-6-7-8-10-15-11-13-16(4)12-9-14(2)3/h14-15H,5-13H2,1-4H3. The Bertz CT molecular complexity index is 135. The van der Waals surface area contributed by atoms with Crippen molar-refractivity contribution in [3.05, 3.63) is 0 Å². The van der Waals surface area contributed by atoms with Gasteiger partial charge in [0.2, 0.25) is 0 Å². The minimum Gasteiger partial charge on any atom is -0.315 e. The fourth-order valence-electron chi connectivity index (χ4n) is 1.66. The van der Waals surface area contributed by atoms with Crippen molar-refractivity contribution in [3.8, 4) is 0 Å². The molecule has 0 fully saturated rings. The third kappa shape index (κ3) is 12.0. The molecule has 0 saturated carbocycles. The van der Waals surface area contributed by atoms with Crippen LogP contribution < -0.4 is 5.32 Å². The molecular formula is C14H32N2. The van der Waals surface area contributed by atoms with Crippen molar-refractivity contribution in [2.75, 3.05) is 33.2 Å². The van der Waals surface area contributed by atoms with Crippen LogP contribution in [0, 0.1) is 5.92 Å². The lowest BCUT2D eigenvalue weighted by Gasteiger charge is -2.17. The summed E-state index contributed by atoms with van der Waals surface area (Å²) in [6.45, 7) is 11.6. The van der Waals surface area contributed by atoms with Gasteiger partial charge in [0.15, 0.2) is 0 Å². The molecule has 0 aromatic carbocycles. The molecule has 1 N–H and O–H groups in total. The van der Waals surface area contributed by atoms with E-state index in [2.05, 4.69) is 38.0 Å². The van der Waals surface area contributed by atoms with Gasteiger partial charge in [-0.15, -0.1) is 0 Å². The van der Waals surface area contributed by atoms with Crippen molar-refractivity contribution in [1.82, 2.24) is 10.2 Å². The van der Waals surface area contributed by atoms with Crippen LogP contribution in [0.5, 0.6) is 0 Å². The van der Waals surface area contributed by atoms with Crippen molar-refractivity contribution in [2.24, 2.45) is 5.92 Å². The molecule has 0 saturated heterocycles. The van der Waals surface area contributed by atoms with Gasteiger partial charge in [-0.2, -0.15) is 0 Å². The van der Waals surface area contributed by atoms with Crippen molar-refractivity contribution in [2.45, 2.75) is 52.9 Å². The summed E-state index contributed by atoms with van der Waals surface area (Å²) in [7, 11) is 2.22. The first kappa shape index (κ1) is 15.9. The Kier molecular flexibility index (Phi) is 11.3. The van der Waals surface area contributed by atoms with Gasteiger partial charge in [-0.05, 0) is 38.9 Å². The number of unbranched alkanes of at least 4 members (excludes halogenated alkanes) is 3. The Morgan fingerprint density at radius 3 is 2.38 bits per heavy atom. The fourth-order valence-corrected chi connectivity index (χ4v) is 1.66. The van der Waals surface area contributed by atoms with Crippen LogP contribution in [0.4, 0.5) is 0 Å². The number of nitrogens with one attached hydrogen (secondary N) is 1. The van der Waals surface area contributed by atoms with Gasteiger partial charge in [0.05, 0.1) is 0 Å². The second kappa shape index (κ2) is 11.4. The van der Waals surface area contributed by atoms with Crippen molar-refractivity contribution >= 4 is 0 Å². The van der Waals surface area contributed by atoms with Gasteiger partial charge in [0, 0.05) is 13.1 Å². The lowest BCUT2D eigenvalue weighted by Crippen LogP contribution is -2.30. The van der Waals surface area contributed by atoms with Crippen molar-refractivity contribution < 1.29 is 0 Å². The maximum atomic E-state index is 3.52. The number of hydrogen-bond acceptors (Lipinski definition) is 2. The first-order chi connectivity index (χ1) is 7.66. The summed E-state index contributed by atoms with van der Waals surface area (Å²) < 4.78 is 0. The third-order valence-electron chi connectivity index (χ3n) is 2.97. The zero-order valence-electron chi connectivity index (χ0n) is 11.9. The Balaban J connectivity index is 3.12. The van der Waals surface area contributed by atoms with Crippen LogP contribution in [0.2, 0.25) is 0 Å². The summed E-state index contributed by atoms with van der Waals surface area (Å²) in [6.07, 6.45) is 6.75. The highest BCUT2D eigenvalue weighted by atomic mass is 15.1. The molecule has 0 heterocycles. The van der Waals surface area contributed by atoms with Crippen LogP contribution >= 0.6 is 0 Å². The maximum Gasteiger partial charge on any atom is 0.0104 e. The Morgan fingerprint density at radius 2 is 1.75 bits per heavy atom. The van der Waals surface area contributed by atoms with Gasteiger partial charge in [-0.1, -0.05) is 40.0 Å². The molecule has 2 nitrogen and oxygen atoms in total. The largest absolute Gasteiger partial charge is 0.315 e. The average Bonchev–Trinajstić information content (AvgIpc) is 2.25. The summed E-state index contributed by atoms with van der Waals surface area (Å²) in [5.41, 5.74) is 0. The number of nitrogens with zero attached hydrogens (tertiary/aromatic N) is 1. The molecule has 98 valence electrons. The molecular weight excluding hydrogens is 196 g/mol. The molecule has 0 bridgehead atoms. The quantitative estimate of drug-likeness (QED) is 0.547. The number of likely N-dealkylation sites (N-methyl/N-ethyl adjacent to an activating group) is 1. The molecule has 16 heavy (non-hydrogen) atoms. The lowest BCUT2D eigenvalue weighted by molar-refractivity contribution is 0.308. The van der Waals surface area contributed by atoms with E-state index in [1.165, 1.54) is 51.7 Å². The highest BCUT2D eigenvalue weighted by molar-refractivity contribution is 4.57. The fraction of sp³-hybridized carbons (Fsp3) is 1.00. The number of rotatable bonds is 11. The van der Waals surface area contributed by atoms with Crippen molar-refractivity contribution in [1.29, 1.82) is 0 Å². The van der Waals surface area contributed by atoms with Gasteiger partial charge < -0.3 is 10.2 Å². The van der Waals surface area contributed by atoms with Crippen LogP contribution in [-0.4, -0.2) is 38.1 Å². The summed E-state index contributed by atoms with van der Waals surface area (Å²) in [5.74, 6) is 0.824. The topological polar surface area (TPSA) is 15.3 Å². The second-order valence-electron chi connectivity index (χ2n) is 5.30. The highest BCUT2D eigenvalue weighted by Gasteiger charge is 1.99. The van der Waals surface area contributed by atoms with Gasteiger partial charge >= 0.3 is 0 Å². The monoisotopic (exact) mass is 228 g/mol. The summed E-state index contributed by atoms with van der Waals surface area (Å²) in [5, 5.41) is 3.52. The summed E-state index contributed by atoms with van der Waals surface area (Å²) in [6, 6.07) is 0. The zero-order chi connectivity index (χ0) is 12.2. The minimum absolute atomic E-state index is 0.824. The van der Waals surface area contributed by atoms with E-state index in [4.69, 9.17) is 0 Å². The summed E-state index contributed by atoms with van der Waals surface area (Å²) in [4.78, 5) is 2.43. The molecule has 0 aromatic heterocycles. The van der Waals surface area contributed by atoms with Crippen LogP contribution in [0.25, 0.3) is 0 Å². The lowest BCUT2D eigenvalue weighted by atomic mass is 10.1. The van der Waals surface area contributed by atoms with E-state index in [1.807, 2.05) is 0 Å². The first-order valence-corrected chi connectivity index (χ1v) is 7.06. The van der Waals surface area contributed by atoms with Crippen LogP contribution in [0.15, 0.2) is 0 Å². The van der Waals surface area contributed by atoms with E-state index in [1.54, 1.807) is 0 Å². The van der Waals surface area contributed by atoms with Gasteiger partial charge in [0.25, 0.3) is 0 Å². The van der Waals surface area contributed by atoms with E-state index in [0.717, 1.165) is 12.5 Å². The Morgan fingerprint density at radius 1 is 1.00 bits per heavy atom. The molecule has 0 amide bonds. The normalized spacial score (nSPS) is 11.6. The third-order valence-corrected chi connectivity index (χ3v) is 2.97. The van der Waals surface area contributed by atoms with Crippen molar-refractivity contribution in [3.63, 3.8) is 0 Å².